The van der Waals surface area contributed by atoms with Gasteiger partial charge in [0.05, 0.1) is 6.61 Å². The Bertz CT molecular complexity index is 243. The van der Waals surface area contributed by atoms with Crippen molar-refractivity contribution in [1.29, 1.82) is 0 Å². The highest BCUT2D eigenvalue weighted by molar-refractivity contribution is 5.39. The molecule has 1 aromatic carbocycles. The van der Waals surface area contributed by atoms with E-state index in [9.17, 15) is 0 Å². The highest BCUT2D eigenvalue weighted by Gasteiger charge is 1.93. The minimum Gasteiger partial charge on any atom is -0.399 e. The maximum Gasteiger partial charge on any atom is 0.0506 e. The summed E-state index contributed by atoms with van der Waals surface area (Å²) in [5.74, 6) is 0. The van der Waals surface area contributed by atoms with E-state index in [1.165, 1.54) is 12.0 Å². The van der Waals surface area contributed by atoms with E-state index in [0.29, 0.717) is 0 Å². The van der Waals surface area contributed by atoms with Crippen LogP contribution in [-0.2, 0) is 11.2 Å². The summed E-state index contributed by atoms with van der Waals surface area (Å²) < 4.78 is 5.48. The highest BCUT2D eigenvalue weighted by Crippen LogP contribution is 2.06. The number of hydrogen-bond donors (Lipinski definition) is 1. The molecule has 1 aromatic rings. The Labute approximate surface area is 86.1 Å². The van der Waals surface area contributed by atoms with Crippen molar-refractivity contribution in [1.82, 2.24) is 0 Å². The molecule has 0 spiro atoms. The zero-order valence-corrected chi connectivity index (χ0v) is 8.83. The molecule has 0 unspecified atom stereocenters. The smallest absolute Gasteiger partial charge is 0.0506 e. The molecule has 2 N–H and O–H groups in total. The number of rotatable bonds is 6. The summed E-state index contributed by atoms with van der Waals surface area (Å²) in [7, 11) is 0. The lowest BCUT2D eigenvalue weighted by atomic mass is 10.1. The first-order valence-corrected chi connectivity index (χ1v) is 5.25. The standard InChI is InChI=1S/C12H19NO/c1-2-3-9-14-10-8-11-4-6-12(13)7-5-11/h4-7H,2-3,8-10,13H2,1H3. The zero-order valence-electron chi connectivity index (χ0n) is 8.83. The van der Waals surface area contributed by atoms with Crippen LogP contribution in [0.5, 0.6) is 0 Å². The molecule has 1 rings (SSSR count). The molecule has 0 bridgehead atoms. The summed E-state index contributed by atoms with van der Waals surface area (Å²) in [5.41, 5.74) is 7.70. The summed E-state index contributed by atoms with van der Waals surface area (Å²) >= 11 is 0. The lowest BCUT2D eigenvalue weighted by molar-refractivity contribution is 0.134. The number of hydrogen-bond acceptors (Lipinski definition) is 2. The first-order valence-electron chi connectivity index (χ1n) is 5.25. The number of unbranched alkanes of at least 4 members (excludes halogenated alkanes) is 1. The molecule has 0 aliphatic rings. The molecule has 0 saturated carbocycles. The van der Waals surface area contributed by atoms with E-state index < -0.39 is 0 Å². The molecule has 0 saturated heterocycles. The Balaban J connectivity index is 2.15. The second-order valence-corrected chi connectivity index (χ2v) is 3.46. The van der Waals surface area contributed by atoms with Crippen LogP contribution in [0.3, 0.4) is 0 Å². The van der Waals surface area contributed by atoms with Crippen molar-refractivity contribution in [2.75, 3.05) is 18.9 Å². The lowest BCUT2D eigenvalue weighted by Crippen LogP contribution is -2.00. The number of ether oxygens (including phenoxy) is 1. The second-order valence-electron chi connectivity index (χ2n) is 3.46. The molecule has 0 aliphatic heterocycles. The first kappa shape index (κ1) is 11.1. The van der Waals surface area contributed by atoms with Gasteiger partial charge in [0.2, 0.25) is 0 Å². The molecule has 0 fully saturated rings. The van der Waals surface area contributed by atoms with Gasteiger partial charge in [0.25, 0.3) is 0 Å². The van der Waals surface area contributed by atoms with Crippen LogP contribution >= 0.6 is 0 Å². The van der Waals surface area contributed by atoms with Gasteiger partial charge in [0, 0.05) is 12.3 Å². The number of anilines is 1. The average molecular weight is 193 g/mol. The van der Waals surface area contributed by atoms with Crippen LogP contribution in [-0.4, -0.2) is 13.2 Å². The molecule has 0 aromatic heterocycles. The van der Waals surface area contributed by atoms with Crippen LogP contribution in [0.15, 0.2) is 24.3 Å². The van der Waals surface area contributed by atoms with Gasteiger partial charge in [-0.05, 0) is 30.5 Å². The summed E-state index contributed by atoms with van der Waals surface area (Å²) in [5, 5.41) is 0. The lowest BCUT2D eigenvalue weighted by Gasteiger charge is -2.03. The van der Waals surface area contributed by atoms with E-state index in [-0.39, 0.29) is 0 Å². The molecule has 0 heterocycles. The number of nitrogen functional groups attached to an aromatic ring is 1. The third-order valence-electron chi connectivity index (χ3n) is 2.16. The Kier molecular flexibility index (Phi) is 5.08. The number of benzene rings is 1. The van der Waals surface area contributed by atoms with Crippen LogP contribution in [0.2, 0.25) is 0 Å². The molecular weight excluding hydrogens is 174 g/mol. The van der Waals surface area contributed by atoms with Crippen LogP contribution in [0.1, 0.15) is 25.3 Å². The van der Waals surface area contributed by atoms with Crippen molar-refractivity contribution in [2.45, 2.75) is 26.2 Å². The molecule has 0 atom stereocenters. The Morgan fingerprint density at radius 3 is 2.50 bits per heavy atom. The maximum absolute atomic E-state index is 5.59. The van der Waals surface area contributed by atoms with E-state index in [4.69, 9.17) is 10.5 Å². The van der Waals surface area contributed by atoms with Crippen molar-refractivity contribution in [3.63, 3.8) is 0 Å². The van der Waals surface area contributed by atoms with Gasteiger partial charge < -0.3 is 10.5 Å². The SMILES string of the molecule is CCCCOCCc1ccc(N)cc1. The van der Waals surface area contributed by atoms with E-state index >= 15 is 0 Å². The van der Waals surface area contributed by atoms with Crippen LogP contribution in [0.25, 0.3) is 0 Å². The topological polar surface area (TPSA) is 35.2 Å². The highest BCUT2D eigenvalue weighted by atomic mass is 16.5. The minimum absolute atomic E-state index is 0.809. The summed E-state index contributed by atoms with van der Waals surface area (Å²) in [6, 6.07) is 7.97. The maximum atomic E-state index is 5.59. The van der Waals surface area contributed by atoms with Gasteiger partial charge >= 0.3 is 0 Å². The van der Waals surface area contributed by atoms with Gasteiger partial charge in [-0.3, -0.25) is 0 Å². The van der Waals surface area contributed by atoms with Crippen molar-refractivity contribution in [3.05, 3.63) is 29.8 Å². The van der Waals surface area contributed by atoms with Gasteiger partial charge in [0.1, 0.15) is 0 Å². The van der Waals surface area contributed by atoms with Gasteiger partial charge in [-0.1, -0.05) is 25.5 Å². The summed E-state index contributed by atoms with van der Waals surface area (Å²) in [4.78, 5) is 0. The molecule has 0 aliphatic carbocycles. The molecule has 2 nitrogen and oxygen atoms in total. The third kappa shape index (κ3) is 4.28. The van der Waals surface area contributed by atoms with Gasteiger partial charge in [-0.25, -0.2) is 0 Å². The van der Waals surface area contributed by atoms with Crippen LogP contribution in [0.4, 0.5) is 5.69 Å². The Morgan fingerprint density at radius 2 is 1.86 bits per heavy atom. The largest absolute Gasteiger partial charge is 0.399 e. The van der Waals surface area contributed by atoms with Crippen LogP contribution in [0, 0.1) is 0 Å². The van der Waals surface area contributed by atoms with E-state index in [0.717, 1.165) is 31.7 Å². The fourth-order valence-electron chi connectivity index (χ4n) is 1.22. The molecule has 2 heteroatoms. The molecule has 14 heavy (non-hydrogen) atoms. The quantitative estimate of drug-likeness (QED) is 0.557. The van der Waals surface area contributed by atoms with Crippen molar-refractivity contribution < 1.29 is 4.74 Å². The second kappa shape index (κ2) is 6.44. The predicted octanol–water partition coefficient (Wildman–Crippen LogP) is 2.63. The zero-order chi connectivity index (χ0) is 10.2. The molecule has 0 amide bonds. The average Bonchev–Trinajstić information content (AvgIpc) is 2.21. The fraction of sp³-hybridized carbons (Fsp3) is 0.500. The minimum atomic E-state index is 0.809. The van der Waals surface area contributed by atoms with E-state index in [1.807, 2.05) is 12.1 Å². The van der Waals surface area contributed by atoms with Crippen molar-refractivity contribution >= 4 is 5.69 Å². The molecule has 0 radical (unpaired) electrons. The van der Waals surface area contributed by atoms with Crippen molar-refractivity contribution in [3.8, 4) is 0 Å². The monoisotopic (exact) mass is 193 g/mol. The molecule has 78 valence electrons. The van der Waals surface area contributed by atoms with Crippen molar-refractivity contribution in [2.24, 2.45) is 0 Å². The van der Waals surface area contributed by atoms with E-state index in [2.05, 4.69) is 19.1 Å². The third-order valence-corrected chi connectivity index (χ3v) is 2.16. The van der Waals surface area contributed by atoms with Gasteiger partial charge in [0.15, 0.2) is 0 Å². The van der Waals surface area contributed by atoms with Crippen LogP contribution < -0.4 is 5.73 Å². The number of nitrogens with two attached hydrogens (primary N) is 1. The molecular formula is C12H19NO. The van der Waals surface area contributed by atoms with Gasteiger partial charge in [-0.15, -0.1) is 0 Å². The normalized spacial score (nSPS) is 10.4. The van der Waals surface area contributed by atoms with E-state index in [1.54, 1.807) is 0 Å². The first-order chi connectivity index (χ1) is 6.83. The summed E-state index contributed by atoms with van der Waals surface area (Å²) in [6.45, 7) is 3.86. The Hall–Kier alpha value is -1.02. The summed E-state index contributed by atoms with van der Waals surface area (Å²) in [6.07, 6.45) is 3.33. The van der Waals surface area contributed by atoms with Gasteiger partial charge in [-0.2, -0.15) is 0 Å². The fourth-order valence-corrected chi connectivity index (χ4v) is 1.22. The predicted molar refractivity (Wildman–Crippen MR) is 60.3 cm³/mol. The Morgan fingerprint density at radius 1 is 1.14 bits per heavy atom.